The molecule has 0 saturated heterocycles. The molecule has 72 valence electrons. The van der Waals surface area contributed by atoms with Gasteiger partial charge < -0.3 is 0 Å². The highest BCUT2D eigenvalue weighted by Crippen LogP contribution is 2.39. The number of carbonyl (C=O) groups excluding carboxylic acids is 1. The highest BCUT2D eigenvalue weighted by molar-refractivity contribution is 9.10. The molecule has 1 nitrogen and oxygen atoms in total. The van der Waals surface area contributed by atoms with Crippen LogP contribution in [-0.4, -0.2) is 10.6 Å². The third-order valence-electron chi connectivity index (χ3n) is 2.12. The first-order valence-corrected chi connectivity index (χ1v) is 6.20. The minimum absolute atomic E-state index is 0.0973. The van der Waals surface area contributed by atoms with Crippen molar-refractivity contribution in [2.24, 2.45) is 0 Å². The molecular weight excluding hydrogens is 260 g/mol. The number of halogens is 1. The highest BCUT2D eigenvalue weighted by atomic mass is 79.9. The van der Waals surface area contributed by atoms with Crippen molar-refractivity contribution in [3.05, 3.63) is 47.4 Å². The normalized spacial score (nSPS) is 26.5. The Labute approximate surface area is 95.7 Å². The number of benzene rings is 1. The lowest BCUT2D eigenvalue weighted by atomic mass is 10.1. The van der Waals surface area contributed by atoms with Gasteiger partial charge in [0.05, 0.1) is 10.1 Å². The molecule has 3 heteroatoms. The molecule has 1 heterocycles. The summed E-state index contributed by atoms with van der Waals surface area (Å²) in [6.45, 7) is 0. The molecule has 1 aliphatic heterocycles. The maximum Gasteiger partial charge on any atom is 0.171 e. The standard InChI is InChI=1S/C11H9BrOS/c12-10-9(13)6-7-14-11(10)8-4-2-1-3-5-8/h1-7,10-11H. The van der Waals surface area contributed by atoms with Gasteiger partial charge in [-0.2, -0.15) is 0 Å². The van der Waals surface area contributed by atoms with E-state index in [1.165, 1.54) is 5.56 Å². The molecule has 0 saturated carbocycles. The second-order valence-corrected chi connectivity index (χ2v) is 5.11. The number of ketones is 1. The summed E-state index contributed by atoms with van der Waals surface area (Å²) in [6, 6.07) is 10.1. The molecule has 0 radical (unpaired) electrons. The monoisotopic (exact) mass is 268 g/mol. The SMILES string of the molecule is O=C1C=CSC(c2ccccc2)C1Br. The molecule has 1 aromatic rings. The average molecular weight is 269 g/mol. The van der Waals surface area contributed by atoms with Crippen molar-refractivity contribution >= 4 is 33.5 Å². The molecule has 0 fully saturated rings. The molecule has 2 atom stereocenters. The Bertz CT molecular complexity index is 361. The minimum atomic E-state index is -0.0973. The number of hydrogen-bond acceptors (Lipinski definition) is 2. The topological polar surface area (TPSA) is 17.1 Å². The summed E-state index contributed by atoms with van der Waals surface area (Å²) in [5, 5.41) is 2.08. The Morgan fingerprint density at radius 1 is 1.21 bits per heavy atom. The van der Waals surface area contributed by atoms with E-state index in [-0.39, 0.29) is 15.9 Å². The summed E-state index contributed by atoms with van der Waals surface area (Å²) in [6.07, 6.45) is 1.63. The predicted octanol–water partition coefficient (Wildman–Crippen LogP) is 3.32. The zero-order valence-electron chi connectivity index (χ0n) is 7.39. The van der Waals surface area contributed by atoms with Gasteiger partial charge in [0.2, 0.25) is 0 Å². The van der Waals surface area contributed by atoms with Gasteiger partial charge in [0.15, 0.2) is 5.78 Å². The molecule has 2 unspecified atom stereocenters. The fraction of sp³-hybridized carbons (Fsp3) is 0.182. The van der Waals surface area contributed by atoms with Crippen molar-refractivity contribution in [1.29, 1.82) is 0 Å². The third-order valence-corrected chi connectivity index (χ3v) is 4.58. The van der Waals surface area contributed by atoms with Crippen molar-refractivity contribution < 1.29 is 4.79 Å². The lowest BCUT2D eigenvalue weighted by Gasteiger charge is -2.22. The van der Waals surface area contributed by atoms with Gasteiger partial charge in [-0.05, 0) is 17.0 Å². The Kier molecular flexibility index (Phi) is 3.08. The Morgan fingerprint density at radius 3 is 2.64 bits per heavy atom. The quantitative estimate of drug-likeness (QED) is 0.727. The van der Waals surface area contributed by atoms with E-state index in [0.29, 0.717) is 0 Å². The summed E-state index contributed by atoms with van der Waals surface area (Å²) < 4.78 is 0. The number of carbonyl (C=O) groups is 1. The molecule has 1 aliphatic rings. The fourth-order valence-corrected chi connectivity index (χ4v) is 3.19. The van der Waals surface area contributed by atoms with Gasteiger partial charge in [0.25, 0.3) is 0 Å². The van der Waals surface area contributed by atoms with Crippen LogP contribution in [0.4, 0.5) is 0 Å². The van der Waals surface area contributed by atoms with Crippen LogP contribution in [0.25, 0.3) is 0 Å². The van der Waals surface area contributed by atoms with Gasteiger partial charge >= 0.3 is 0 Å². The number of allylic oxidation sites excluding steroid dienone is 1. The van der Waals surface area contributed by atoms with Gasteiger partial charge in [0, 0.05) is 0 Å². The second kappa shape index (κ2) is 4.32. The first-order chi connectivity index (χ1) is 6.79. The van der Waals surface area contributed by atoms with Gasteiger partial charge in [-0.25, -0.2) is 0 Å². The van der Waals surface area contributed by atoms with Crippen LogP contribution in [0, 0.1) is 0 Å². The summed E-state index contributed by atoms with van der Waals surface area (Å²) >= 11 is 5.12. The first kappa shape index (κ1) is 9.99. The van der Waals surface area contributed by atoms with E-state index in [9.17, 15) is 4.79 Å². The van der Waals surface area contributed by atoms with E-state index in [1.807, 2.05) is 23.6 Å². The number of thioether (sulfide) groups is 1. The van der Waals surface area contributed by atoms with Crippen molar-refractivity contribution in [3.8, 4) is 0 Å². The van der Waals surface area contributed by atoms with E-state index < -0.39 is 0 Å². The Hall–Kier alpha value is -0.540. The first-order valence-electron chi connectivity index (χ1n) is 4.34. The van der Waals surface area contributed by atoms with Gasteiger partial charge in [0.1, 0.15) is 0 Å². The molecule has 0 bridgehead atoms. The second-order valence-electron chi connectivity index (χ2n) is 3.07. The molecule has 1 aromatic carbocycles. The molecule has 0 aromatic heterocycles. The van der Waals surface area contributed by atoms with E-state index in [2.05, 4.69) is 28.1 Å². The number of alkyl halides is 1. The molecule has 0 aliphatic carbocycles. The van der Waals surface area contributed by atoms with Crippen LogP contribution in [0.2, 0.25) is 0 Å². The van der Waals surface area contributed by atoms with Crippen LogP contribution in [0.15, 0.2) is 41.8 Å². The van der Waals surface area contributed by atoms with Crippen LogP contribution in [0.1, 0.15) is 10.8 Å². The largest absolute Gasteiger partial charge is 0.294 e. The zero-order valence-corrected chi connectivity index (χ0v) is 9.79. The van der Waals surface area contributed by atoms with Crippen LogP contribution >= 0.6 is 27.7 Å². The smallest absolute Gasteiger partial charge is 0.171 e. The summed E-state index contributed by atoms with van der Waals surface area (Å²) in [5.41, 5.74) is 1.19. The molecule has 2 rings (SSSR count). The predicted molar refractivity (Wildman–Crippen MR) is 63.6 cm³/mol. The summed E-state index contributed by atoms with van der Waals surface area (Å²) in [4.78, 5) is 11.3. The number of rotatable bonds is 1. The van der Waals surface area contributed by atoms with Crippen molar-refractivity contribution in [2.75, 3.05) is 0 Å². The maximum absolute atomic E-state index is 11.4. The molecular formula is C11H9BrOS. The average Bonchev–Trinajstić information content (AvgIpc) is 2.23. The van der Waals surface area contributed by atoms with Crippen molar-refractivity contribution in [3.63, 3.8) is 0 Å². The third kappa shape index (κ3) is 1.93. The fourth-order valence-electron chi connectivity index (χ4n) is 1.39. The molecule has 0 spiro atoms. The van der Waals surface area contributed by atoms with Crippen molar-refractivity contribution in [1.82, 2.24) is 0 Å². The van der Waals surface area contributed by atoms with E-state index in [1.54, 1.807) is 17.8 Å². The summed E-state index contributed by atoms with van der Waals surface area (Å²) in [5.74, 6) is 0.151. The number of hydrogen-bond donors (Lipinski definition) is 0. The summed E-state index contributed by atoms with van der Waals surface area (Å²) in [7, 11) is 0. The molecule has 0 amide bonds. The van der Waals surface area contributed by atoms with Crippen LogP contribution in [0.3, 0.4) is 0 Å². The van der Waals surface area contributed by atoms with Crippen LogP contribution in [0.5, 0.6) is 0 Å². The highest BCUT2D eigenvalue weighted by Gasteiger charge is 2.28. The molecule has 14 heavy (non-hydrogen) atoms. The maximum atomic E-state index is 11.4. The van der Waals surface area contributed by atoms with E-state index >= 15 is 0 Å². The van der Waals surface area contributed by atoms with Gasteiger partial charge in [-0.1, -0.05) is 46.3 Å². The van der Waals surface area contributed by atoms with E-state index in [4.69, 9.17) is 0 Å². The minimum Gasteiger partial charge on any atom is -0.294 e. The Morgan fingerprint density at radius 2 is 1.93 bits per heavy atom. The van der Waals surface area contributed by atoms with E-state index in [0.717, 1.165) is 0 Å². The van der Waals surface area contributed by atoms with Crippen LogP contribution < -0.4 is 0 Å². The van der Waals surface area contributed by atoms with Gasteiger partial charge in [-0.3, -0.25) is 4.79 Å². The van der Waals surface area contributed by atoms with Crippen molar-refractivity contribution in [2.45, 2.75) is 10.1 Å². The lowest BCUT2D eigenvalue weighted by Crippen LogP contribution is -2.20. The Balaban J connectivity index is 2.28. The lowest BCUT2D eigenvalue weighted by molar-refractivity contribution is -0.114. The zero-order chi connectivity index (χ0) is 9.97. The van der Waals surface area contributed by atoms with Crippen LogP contribution in [-0.2, 0) is 4.79 Å². The molecule has 0 N–H and O–H groups in total. The van der Waals surface area contributed by atoms with Gasteiger partial charge in [-0.15, -0.1) is 11.8 Å².